The van der Waals surface area contributed by atoms with E-state index in [9.17, 15) is 0 Å². The van der Waals surface area contributed by atoms with Crippen molar-refractivity contribution in [3.05, 3.63) is 16.5 Å². The summed E-state index contributed by atoms with van der Waals surface area (Å²) < 4.78 is 0. The standard InChI is InChI=1S/C11H19NS/c1-7(2)9-6-10(8(3)4)13-11(9)12-5/h6-8,12H,1-5H3. The lowest BCUT2D eigenvalue weighted by Gasteiger charge is -2.04. The minimum atomic E-state index is 0.617. The molecular weight excluding hydrogens is 178 g/mol. The van der Waals surface area contributed by atoms with Gasteiger partial charge in [-0.1, -0.05) is 27.7 Å². The third-order valence-corrected chi connectivity index (χ3v) is 3.67. The molecule has 0 aromatic carbocycles. The molecule has 1 nitrogen and oxygen atoms in total. The average molecular weight is 197 g/mol. The van der Waals surface area contributed by atoms with E-state index in [0.717, 1.165) is 0 Å². The molecule has 2 heteroatoms. The van der Waals surface area contributed by atoms with Crippen LogP contribution in [-0.2, 0) is 0 Å². The van der Waals surface area contributed by atoms with Crippen molar-refractivity contribution in [3.8, 4) is 0 Å². The van der Waals surface area contributed by atoms with Crippen LogP contribution in [0.1, 0.15) is 50.0 Å². The van der Waals surface area contributed by atoms with Crippen LogP contribution in [0.3, 0.4) is 0 Å². The van der Waals surface area contributed by atoms with Gasteiger partial charge in [-0.05, 0) is 23.5 Å². The Kier molecular flexibility index (Phi) is 3.37. The van der Waals surface area contributed by atoms with Crippen LogP contribution in [0.2, 0.25) is 0 Å². The van der Waals surface area contributed by atoms with Gasteiger partial charge in [-0.25, -0.2) is 0 Å². The molecule has 0 aliphatic rings. The van der Waals surface area contributed by atoms with E-state index in [1.54, 1.807) is 0 Å². The van der Waals surface area contributed by atoms with Crippen LogP contribution in [-0.4, -0.2) is 7.05 Å². The van der Waals surface area contributed by atoms with E-state index in [4.69, 9.17) is 0 Å². The summed E-state index contributed by atoms with van der Waals surface area (Å²) in [5, 5.41) is 4.60. The van der Waals surface area contributed by atoms with Gasteiger partial charge < -0.3 is 5.32 Å². The van der Waals surface area contributed by atoms with Crippen molar-refractivity contribution in [2.45, 2.75) is 39.5 Å². The Morgan fingerprint density at radius 2 is 1.77 bits per heavy atom. The van der Waals surface area contributed by atoms with E-state index in [-0.39, 0.29) is 0 Å². The Labute approximate surface area is 85.2 Å². The van der Waals surface area contributed by atoms with E-state index < -0.39 is 0 Å². The maximum absolute atomic E-state index is 3.27. The second kappa shape index (κ2) is 4.14. The molecule has 0 saturated heterocycles. The summed E-state index contributed by atoms with van der Waals surface area (Å²) in [7, 11) is 2.00. The number of anilines is 1. The van der Waals surface area contributed by atoms with Gasteiger partial charge in [0.25, 0.3) is 0 Å². The highest BCUT2D eigenvalue weighted by Gasteiger charge is 2.12. The van der Waals surface area contributed by atoms with Crippen LogP contribution in [0.25, 0.3) is 0 Å². The van der Waals surface area contributed by atoms with Gasteiger partial charge in [0.15, 0.2) is 0 Å². The van der Waals surface area contributed by atoms with Crippen molar-refractivity contribution >= 4 is 16.3 Å². The van der Waals surface area contributed by atoms with Crippen LogP contribution in [0, 0.1) is 0 Å². The molecule has 0 fully saturated rings. The van der Waals surface area contributed by atoms with E-state index in [1.165, 1.54) is 15.4 Å². The van der Waals surface area contributed by atoms with E-state index in [1.807, 2.05) is 18.4 Å². The van der Waals surface area contributed by atoms with Crippen molar-refractivity contribution in [3.63, 3.8) is 0 Å². The molecule has 1 heterocycles. The molecule has 0 radical (unpaired) electrons. The van der Waals surface area contributed by atoms with E-state index in [2.05, 4.69) is 39.1 Å². The second-order valence-corrected chi connectivity index (χ2v) is 5.08. The molecule has 0 aliphatic carbocycles. The molecule has 13 heavy (non-hydrogen) atoms. The van der Waals surface area contributed by atoms with Gasteiger partial charge >= 0.3 is 0 Å². The summed E-state index contributed by atoms with van der Waals surface area (Å²) in [6.45, 7) is 8.98. The highest BCUT2D eigenvalue weighted by Crippen LogP contribution is 2.36. The lowest BCUT2D eigenvalue weighted by molar-refractivity contribution is 0.857. The van der Waals surface area contributed by atoms with Crippen molar-refractivity contribution < 1.29 is 0 Å². The van der Waals surface area contributed by atoms with Gasteiger partial charge in [0.05, 0.1) is 5.00 Å². The van der Waals surface area contributed by atoms with E-state index >= 15 is 0 Å². The maximum atomic E-state index is 3.27. The fraction of sp³-hybridized carbons (Fsp3) is 0.636. The average Bonchev–Trinajstić information content (AvgIpc) is 2.47. The first-order valence-corrected chi connectivity index (χ1v) is 5.69. The molecule has 1 aromatic rings. The van der Waals surface area contributed by atoms with Crippen LogP contribution in [0.4, 0.5) is 5.00 Å². The highest BCUT2D eigenvalue weighted by atomic mass is 32.1. The molecule has 1 rings (SSSR count). The lowest BCUT2D eigenvalue weighted by atomic mass is 10.0. The zero-order valence-electron chi connectivity index (χ0n) is 9.14. The third kappa shape index (κ3) is 2.25. The summed E-state index contributed by atoms with van der Waals surface area (Å²) >= 11 is 1.88. The van der Waals surface area contributed by atoms with Crippen LogP contribution < -0.4 is 5.32 Å². The molecule has 0 atom stereocenters. The molecule has 0 bridgehead atoms. The first kappa shape index (κ1) is 10.6. The fourth-order valence-corrected chi connectivity index (χ4v) is 2.51. The Morgan fingerprint density at radius 3 is 2.08 bits per heavy atom. The predicted octanol–water partition coefficient (Wildman–Crippen LogP) is 4.04. The molecule has 1 N–H and O–H groups in total. The van der Waals surface area contributed by atoms with E-state index in [0.29, 0.717) is 11.8 Å². The first-order valence-electron chi connectivity index (χ1n) is 4.87. The number of hydrogen-bond donors (Lipinski definition) is 1. The first-order chi connectivity index (χ1) is 6.06. The SMILES string of the molecule is CNc1sc(C(C)C)cc1C(C)C. The largest absolute Gasteiger partial charge is 0.380 e. The summed E-state index contributed by atoms with van der Waals surface area (Å²) in [4.78, 5) is 1.48. The van der Waals surface area contributed by atoms with Gasteiger partial charge in [-0.15, -0.1) is 11.3 Å². The summed E-state index contributed by atoms with van der Waals surface area (Å²) in [6, 6.07) is 2.34. The number of rotatable bonds is 3. The molecule has 74 valence electrons. The van der Waals surface area contributed by atoms with Crippen LogP contribution >= 0.6 is 11.3 Å². The van der Waals surface area contributed by atoms with Crippen molar-refractivity contribution in [2.75, 3.05) is 12.4 Å². The van der Waals surface area contributed by atoms with Gasteiger partial charge in [0.2, 0.25) is 0 Å². The van der Waals surface area contributed by atoms with Crippen LogP contribution in [0.15, 0.2) is 6.07 Å². The Balaban J connectivity index is 3.04. The third-order valence-electron chi connectivity index (χ3n) is 2.20. The molecule has 0 aliphatic heterocycles. The minimum Gasteiger partial charge on any atom is -0.380 e. The summed E-state index contributed by atoms with van der Waals surface area (Å²) in [5.41, 5.74) is 1.45. The topological polar surface area (TPSA) is 12.0 Å². The molecule has 0 spiro atoms. The second-order valence-electron chi connectivity index (χ2n) is 3.99. The summed E-state index contributed by atoms with van der Waals surface area (Å²) in [6.07, 6.45) is 0. The molecule has 1 aromatic heterocycles. The maximum Gasteiger partial charge on any atom is 0.0918 e. The minimum absolute atomic E-state index is 0.617. The Bertz CT molecular complexity index is 274. The predicted molar refractivity (Wildman–Crippen MR) is 62.0 cm³/mol. The van der Waals surface area contributed by atoms with Gasteiger partial charge in [-0.3, -0.25) is 0 Å². The normalized spacial score (nSPS) is 11.3. The van der Waals surface area contributed by atoms with Gasteiger partial charge in [-0.2, -0.15) is 0 Å². The Hall–Kier alpha value is -0.500. The highest BCUT2D eigenvalue weighted by molar-refractivity contribution is 7.16. The number of hydrogen-bond acceptors (Lipinski definition) is 2. The quantitative estimate of drug-likeness (QED) is 0.771. The zero-order valence-corrected chi connectivity index (χ0v) is 9.96. The molecule has 0 unspecified atom stereocenters. The number of nitrogens with one attached hydrogen (secondary N) is 1. The molecule has 0 saturated carbocycles. The monoisotopic (exact) mass is 197 g/mol. The van der Waals surface area contributed by atoms with Crippen molar-refractivity contribution in [2.24, 2.45) is 0 Å². The van der Waals surface area contributed by atoms with Crippen molar-refractivity contribution in [1.29, 1.82) is 0 Å². The summed E-state index contributed by atoms with van der Waals surface area (Å²) in [5.74, 6) is 1.26. The van der Waals surface area contributed by atoms with Gasteiger partial charge in [0, 0.05) is 11.9 Å². The zero-order chi connectivity index (χ0) is 10.0. The Morgan fingerprint density at radius 1 is 1.15 bits per heavy atom. The smallest absolute Gasteiger partial charge is 0.0918 e. The molecule has 0 amide bonds. The number of thiophene rings is 1. The molecular formula is C11H19NS. The lowest BCUT2D eigenvalue weighted by Crippen LogP contribution is -1.91. The van der Waals surface area contributed by atoms with Crippen molar-refractivity contribution in [1.82, 2.24) is 0 Å². The van der Waals surface area contributed by atoms with Crippen LogP contribution in [0.5, 0.6) is 0 Å². The van der Waals surface area contributed by atoms with Gasteiger partial charge in [0.1, 0.15) is 0 Å². The fourth-order valence-electron chi connectivity index (χ4n) is 1.33.